The number of hydrogen-bond acceptors (Lipinski definition) is 7. The van der Waals surface area contributed by atoms with Gasteiger partial charge in [0.15, 0.2) is 11.9 Å². The van der Waals surface area contributed by atoms with Gasteiger partial charge in [-0.2, -0.15) is 0 Å². The van der Waals surface area contributed by atoms with Crippen LogP contribution in [-0.2, 0) is 30.8 Å². The number of benzene rings is 1. The molecule has 0 bridgehead atoms. The summed E-state index contributed by atoms with van der Waals surface area (Å²) in [6.07, 6.45) is -1.28. The van der Waals surface area contributed by atoms with Gasteiger partial charge in [0.1, 0.15) is 0 Å². The third kappa shape index (κ3) is 5.16. The van der Waals surface area contributed by atoms with Crippen molar-refractivity contribution in [1.82, 2.24) is 0 Å². The number of ketones is 1. The first-order valence-corrected chi connectivity index (χ1v) is 11.7. The van der Waals surface area contributed by atoms with E-state index in [1.807, 2.05) is 0 Å². The predicted octanol–water partition coefficient (Wildman–Crippen LogP) is 4.85. The molecule has 0 aliphatic rings. The maximum absolute atomic E-state index is 13.2. The summed E-state index contributed by atoms with van der Waals surface area (Å²) in [6.45, 7) is 5.82. The molecule has 0 saturated carbocycles. The minimum atomic E-state index is -1.73. The Kier molecular flexibility index (Phi) is 9.97. The number of methoxy groups -OCH3 is 1. The number of halogens is 2. The summed E-state index contributed by atoms with van der Waals surface area (Å²) >= 11 is 18.2. The highest BCUT2D eigenvalue weighted by Crippen LogP contribution is 2.42. The average Bonchev–Trinajstić information content (AvgIpc) is 2.62. The zero-order chi connectivity index (χ0) is 19.9. The van der Waals surface area contributed by atoms with Gasteiger partial charge in [-0.25, -0.2) is 4.79 Å². The van der Waals surface area contributed by atoms with Crippen LogP contribution in [0.3, 0.4) is 0 Å². The van der Waals surface area contributed by atoms with Gasteiger partial charge in [-0.1, -0.05) is 23.2 Å². The van der Waals surface area contributed by atoms with Crippen molar-refractivity contribution in [2.75, 3.05) is 20.3 Å². The van der Waals surface area contributed by atoms with Crippen LogP contribution in [0.4, 0.5) is 0 Å². The van der Waals surface area contributed by atoms with Gasteiger partial charge in [-0.15, -0.1) is 0 Å². The molecule has 0 aliphatic carbocycles. The van der Waals surface area contributed by atoms with E-state index in [0.717, 1.165) is 11.4 Å². The summed E-state index contributed by atoms with van der Waals surface area (Å²) in [4.78, 5) is 24.0. The molecule has 26 heavy (non-hydrogen) atoms. The van der Waals surface area contributed by atoms with Gasteiger partial charge in [-0.3, -0.25) is 4.79 Å². The third-order valence-corrected chi connectivity index (χ3v) is 6.82. The predicted molar refractivity (Wildman–Crippen MR) is 109 cm³/mol. The van der Waals surface area contributed by atoms with Crippen LogP contribution in [0.15, 0.2) is 12.1 Å². The fourth-order valence-electron chi connectivity index (χ4n) is 2.23. The Morgan fingerprint density at radius 2 is 1.85 bits per heavy atom. The highest BCUT2D eigenvalue weighted by molar-refractivity contribution is 8.58. The van der Waals surface area contributed by atoms with E-state index in [1.165, 1.54) is 19.2 Å². The van der Waals surface area contributed by atoms with E-state index in [9.17, 15) is 9.59 Å². The number of ether oxygens (including phenoxy) is 3. The lowest BCUT2D eigenvalue weighted by molar-refractivity contribution is -0.167. The largest absolute Gasteiger partial charge is 0.466 e. The molecule has 0 N–H and O–H groups in total. The summed E-state index contributed by atoms with van der Waals surface area (Å²) < 4.78 is 16.2. The van der Waals surface area contributed by atoms with Gasteiger partial charge in [-0.05, 0) is 61.7 Å². The van der Waals surface area contributed by atoms with Gasteiger partial charge < -0.3 is 14.2 Å². The molecule has 144 valence electrons. The third-order valence-electron chi connectivity index (χ3n) is 3.48. The van der Waals surface area contributed by atoms with Crippen LogP contribution in [0.25, 0.3) is 0 Å². The number of rotatable bonds is 10. The normalized spacial score (nSPS) is 14.7. The first-order chi connectivity index (χ1) is 12.3. The smallest absolute Gasteiger partial charge is 0.352 e. The Bertz CT molecular complexity index is 666. The minimum Gasteiger partial charge on any atom is -0.466 e. The molecule has 0 radical (unpaired) electrons. The van der Waals surface area contributed by atoms with Crippen molar-refractivity contribution in [2.24, 2.45) is 0 Å². The van der Waals surface area contributed by atoms with E-state index >= 15 is 0 Å². The molecular weight excluding hydrogens is 438 g/mol. The summed E-state index contributed by atoms with van der Waals surface area (Å²) in [5.74, 6) is -1.25. The van der Waals surface area contributed by atoms with E-state index in [4.69, 9.17) is 49.2 Å². The van der Waals surface area contributed by atoms with Gasteiger partial charge in [0.25, 0.3) is 4.93 Å². The molecule has 0 spiro atoms. The summed E-state index contributed by atoms with van der Waals surface area (Å²) in [7, 11) is 1.21. The molecular formula is C16H19Cl2O5PS2. The lowest BCUT2D eigenvalue weighted by atomic mass is 10.00. The lowest BCUT2D eigenvalue weighted by Gasteiger charge is -2.34. The van der Waals surface area contributed by atoms with Crippen LogP contribution in [0, 0.1) is 6.92 Å². The van der Waals surface area contributed by atoms with E-state index in [2.05, 4.69) is 0 Å². The first-order valence-electron chi connectivity index (χ1n) is 7.63. The monoisotopic (exact) mass is 456 g/mol. The Hall–Kier alpha value is -0.270. The maximum Gasteiger partial charge on any atom is 0.352 e. The van der Waals surface area contributed by atoms with Gasteiger partial charge >= 0.3 is 5.97 Å². The maximum atomic E-state index is 13.2. The molecule has 0 amide bonds. The van der Waals surface area contributed by atoms with Crippen molar-refractivity contribution in [3.8, 4) is 0 Å². The van der Waals surface area contributed by atoms with E-state index in [0.29, 0.717) is 22.2 Å². The van der Waals surface area contributed by atoms with E-state index in [-0.39, 0.29) is 18.8 Å². The highest BCUT2D eigenvalue weighted by Gasteiger charge is 2.53. The number of carbonyl (C=O) groups excluding carboxylic acids is 2. The van der Waals surface area contributed by atoms with E-state index in [1.54, 1.807) is 20.8 Å². The Balaban J connectivity index is 3.52. The first kappa shape index (κ1) is 23.8. The number of carbonyl (C=O) groups is 2. The molecule has 2 unspecified atom stereocenters. The second-order valence-corrected chi connectivity index (χ2v) is 9.11. The van der Waals surface area contributed by atoms with Crippen LogP contribution < -0.4 is 0 Å². The Morgan fingerprint density at radius 3 is 2.27 bits per heavy atom. The van der Waals surface area contributed by atoms with Gasteiger partial charge in [0.2, 0.25) is 0 Å². The highest BCUT2D eigenvalue weighted by atomic mass is 35.5. The SMILES string of the molecule is CCOC(C(=O)c1cc(Cl)c(C)c(Cl)c1)C(OCC)(SP=S)C(=O)OC. The minimum absolute atomic E-state index is 0.152. The molecule has 1 rings (SSSR count). The van der Waals surface area contributed by atoms with Crippen molar-refractivity contribution in [3.63, 3.8) is 0 Å². The van der Waals surface area contributed by atoms with Crippen molar-refractivity contribution in [1.29, 1.82) is 0 Å². The second-order valence-electron chi connectivity index (χ2n) is 5.02. The fraction of sp³-hybridized carbons (Fsp3) is 0.500. The van der Waals surface area contributed by atoms with Crippen LogP contribution in [0.2, 0.25) is 10.0 Å². The summed E-state index contributed by atoms with van der Waals surface area (Å²) in [5.41, 5.74) is 0.860. The molecule has 0 heterocycles. The van der Waals surface area contributed by atoms with Crippen molar-refractivity contribution >= 4 is 64.7 Å². The Labute approximate surface area is 173 Å². The topological polar surface area (TPSA) is 61.8 Å². The molecule has 2 atom stereocenters. The van der Waals surface area contributed by atoms with Crippen molar-refractivity contribution in [3.05, 3.63) is 33.3 Å². The summed E-state index contributed by atoms with van der Waals surface area (Å²) in [5, 5.41) is 0.676. The number of Topliss-reactive ketones (excluding diaryl/α,β-unsaturated/α-hetero) is 1. The van der Waals surface area contributed by atoms with Crippen molar-refractivity contribution in [2.45, 2.75) is 31.8 Å². The van der Waals surface area contributed by atoms with Crippen molar-refractivity contribution < 1.29 is 23.8 Å². The van der Waals surface area contributed by atoms with Gasteiger partial charge in [0.05, 0.1) is 7.11 Å². The molecule has 10 heteroatoms. The van der Waals surface area contributed by atoms with Crippen LogP contribution in [0.5, 0.6) is 0 Å². The number of esters is 1. The quantitative estimate of drug-likeness (QED) is 0.215. The molecule has 0 saturated heterocycles. The zero-order valence-electron chi connectivity index (χ0n) is 14.7. The number of hydrogen-bond donors (Lipinski definition) is 0. The molecule has 1 aromatic rings. The molecule has 0 aromatic heterocycles. The summed E-state index contributed by atoms with van der Waals surface area (Å²) in [6, 6.07) is 2.97. The fourth-order valence-corrected chi connectivity index (χ4v) is 5.42. The zero-order valence-corrected chi connectivity index (χ0v) is 18.7. The van der Waals surface area contributed by atoms with Crippen LogP contribution in [-0.4, -0.2) is 43.1 Å². The lowest BCUT2D eigenvalue weighted by Crippen LogP contribution is -2.54. The second kappa shape index (κ2) is 10.9. The average molecular weight is 457 g/mol. The molecule has 5 nitrogen and oxygen atoms in total. The van der Waals surface area contributed by atoms with Crippen LogP contribution >= 0.6 is 41.1 Å². The van der Waals surface area contributed by atoms with Gasteiger partial charge in [0, 0.05) is 35.4 Å². The molecule has 0 aliphatic heterocycles. The van der Waals surface area contributed by atoms with E-state index < -0.39 is 22.8 Å². The molecule has 1 aromatic carbocycles. The molecule has 0 fully saturated rings. The Morgan fingerprint density at radius 1 is 1.27 bits per heavy atom. The van der Waals surface area contributed by atoms with Crippen LogP contribution in [0.1, 0.15) is 29.8 Å². The standard InChI is InChI=1S/C16H19Cl2O5PS2/c1-5-22-14(16(23-6-2,26-24-25)15(20)21-4)13(19)10-7-11(17)9(3)12(18)8-10/h7-8,14H,5-6H2,1-4H3.